The summed E-state index contributed by atoms with van der Waals surface area (Å²) in [5, 5.41) is 3.13. The van der Waals surface area contributed by atoms with Gasteiger partial charge in [0.2, 0.25) is 0 Å². The van der Waals surface area contributed by atoms with Gasteiger partial charge in [0.05, 0.1) is 11.0 Å². The van der Waals surface area contributed by atoms with Crippen molar-refractivity contribution in [2.75, 3.05) is 0 Å². The van der Waals surface area contributed by atoms with E-state index in [2.05, 4.69) is 22.2 Å². The minimum atomic E-state index is -2.65. The Morgan fingerprint density at radius 3 is 3.00 bits per heavy atom. The van der Waals surface area contributed by atoms with Gasteiger partial charge >= 0.3 is 0 Å². The lowest BCUT2D eigenvalue weighted by atomic mass is 9.96. The van der Waals surface area contributed by atoms with Crippen LogP contribution in [0.5, 0.6) is 0 Å². The van der Waals surface area contributed by atoms with Gasteiger partial charge in [-0.1, -0.05) is 26.2 Å². The van der Waals surface area contributed by atoms with Gasteiger partial charge in [-0.25, -0.2) is 13.8 Å². The maximum absolute atomic E-state index is 12.7. The number of unbranched alkanes of at least 4 members (excludes halogenated alkanes) is 1. The molecule has 24 heavy (non-hydrogen) atoms. The maximum Gasteiger partial charge on any atom is 0.295 e. The Bertz CT molecular complexity index is 713. The highest BCUT2D eigenvalue weighted by molar-refractivity contribution is 5.97. The van der Waals surface area contributed by atoms with E-state index in [1.807, 2.05) is 0 Å². The fraction of sp³-hybridized carbons (Fsp3) is 0.556. The lowest BCUT2D eigenvalue weighted by molar-refractivity contribution is 0.0926. The van der Waals surface area contributed by atoms with Crippen LogP contribution in [0, 0.1) is 5.92 Å². The van der Waals surface area contributed by atoms with Gasteiger partial charge in [-0.15, -0.1) is 0 Å². The molecule has 1 aliphatic rings. The standard InChI is InChI=1S/C18H23F2N3O/c1-2-3-5-11-6-4-7-13(11)23-18(24)12-8-9-14-15(10-12)22-17(21-14)16(19)20/h8-11,13,16H,2-7H2,1H3,(H,21,22)(H,23,24). The van der Waals surface area contributed by atoms with Crippen LogP contribution in [-0.4, -0.2) is 21.9 Å². The van der Waals surface area contributed by atoms with Crippen LogP contribution in [0.1, 0.15) is 68.1 Å². The number of fused-ring (bicyclic) bond motifs is 1. The number of hydrogen-bond acceptors (Lipinski definition) is 2. The molecule has 2 aromatic rings. The highest BCUT2D eigenvalue weighted by atomic mass is 19.3. The molecule has 1 aromatic heterocycles. The van der Waals surface area contributed by atoms with Crippen LogP contribution >= 0.6 is 0 Å². The monoisotopic (exact) mass is 335 g/mol. The number of halogens is 2. The first-order valence-electron chi connectivity index (χ1n) is 8.67. The van der Waals surface area contributed by atoms with Crippen LogP contribution in [0.2, 0.25) is 0 Å². The van der Waals surface area contributed by atoms with Crippen molar-refractivity contribution in [2.24, 2.45) is 5.92 Å². The van der Waals surface area contributed by atoms with E-state index in [1.165, 1.54) is 19.3 Å². The molecule has 0 spiro atoms. The average Bonchev–Trinajstić information content (AvgIpc) is 3.18. The fourth-order valence-electron chi connectivity index (χ4n) is 3.56. The first kappa shape index (κ1) is 16.9. The first-order chi connectivity index (χ1) is 11.6. The summed E-state index contributed by atoms with van der Waals surface area (Å²) in [4.78, 5) is 18.9. The molecule has 130 valence electrons. The van der Waals surface area contributed by atoms with Crippen molar-refractivity contribution in [3.8, 4) is 0 Å². The third kappa shape index (κ3) is 3.57. The van der Waals surface area contributed by atoms with Crippen molar-refractivity contribution in [3.05, 3.63) is 29.6 Å². The number of H-pyrrole nitrogens is 1. The summed E-state index contributed by atoms with van der Waals surface area (Å²) < 4.78 is 25.4. The van der Waals surface area contributed by atoms with Crippen molar-refractivity contribution in [1.29, 1.82) is 0 Å². The van der Waals surface area contributed by atoms with E-state index < -0.39 is 6.43 Å². The maximum atomic E-state index is 12.7. The molecule has 0 aliphatic heterocycles. The summed E-state index contributed by atoms with van der Waals surface area (Å²) in [6, 6.07) is 5.07. The molecular weight excluding hydrogens is 312 g/mol. The van der Waals surface area contributed by atoms with Crippen molar-refractivity contribution >= 4 is 16.9 Å². The molecule has 1 heterocycles. The number of alkyl halides is 2. The topological polar surface area (TPSA) is 57.8 Å². The summed E-state index contributed by atoms with van der Waals surface area (Å²) in [6.07, 6.45) is 4.19. The van der Waals surface area contributed by atoms with Crippen LogP contribution in [0.15, 0.2) is 18.2 Å². The largest absolute Gasteiger partial charge is 0.349 e. The molecule has 2 unspecified atom stereocenters. The molecule has 2 N–H and O–H groups in total. The number of aromatic nitrogens is 2. The Morgan fingerprint density at radius 2 is 2.25 bits per heavy atom. The summed E-state index contributed by atoms with van der Waals surface area (Å²) in [5.41, 5.74) is 1.39. The van der Waals surface area contributed by atoms with Gasteiger partial charge < -0.3 is 10.3 Å². The smallest absolute Gasteiger partial charge is 0.295 e. The van der Waals surface area contributed by atoms with E-state index in [1.54, 1.807) is 18.2 Å². The summed E-state index contributed by atoms with van der Waals surface area (Å²) in [7, 11) is 0. The number of carbonyl (C=O) groups excluding carboxylic acids is 1. The molecule has 0 bridgehead atoms. The number of hydrogen-bond donors (Lipinski definition) is 2. The van der Waals surface area contributed by atoms with E-state index in [4.69, 9.17) is 0 Å². The highest BCUT2D eigenvalue weighted by Crippen LogP contribution is 2.30. The van der Waals surface area contributed by atoms with E-state index in [0.29, 0.717) is 22.5 Å². The zero-order valence-corrected chi connectivity index (χ0v) is 13.8. The lowest BCUT2D eigenvalue weighted by Gasteiger charge is -2.21. The van der Waals surface area contributed by atoms with Gasteiger partial charge in [0, 0.05) is 11.6 Å². The molecular formula is C18H23F2N3O. The van der Waals surface area contributed by atoms with Crippen LogP contribution in [-0.2, 0) is 0 Å². The number of benzene rings is 1. The molecule has 1 amide bonds. The molecule has 6 heteroatoms. The first-order valence-corrected chi connectivity index (χ1v) is 8.67. The van der Waals surface area contributed by atoms with Crippen molar-refractivity contribution in [2.45, 2.75) is 57.9 Å². The minimum absolute atomic E-state index is 0.140. The molecule has 3 rings (SSSR count). The molecule has 0 saturated heterocycles. The van der Waals surface area contributed by atoms with E-state index in [-0.39, 0.29) is 17.8 Å². The van der Waals surface area contributed by atoms with Crippen molar-refractivity contribution in [1.82, 2.24) is 15.3 Å². The third-order valence-electron chi connectivity index (χ3n) is 4.87. The summed E-state index contributed by atoms with van der Waals surface area (Å²) in [5.74, 6) is 0.0479. The average molecular weight is 335 g/mol. The van der Waals surface area contributed by atoms with Gasteiger partial charge in [-0.2, -0.15) is 0 Å². The zero-order chi connectivity index (χ0) is 17.1. The number of imidazole rings is 1. The van der Waals surface area contributed by atoms with Gasteiger partial charge in [0.15, 0.2) is 5.82 Å². The molecule has 1 saturated carbocycles. The van der Waals surface area contributed by atoms with Gasteiger partial charge in [0.25, 0.3) is 12.3 Å². The minimum Gasteiger partial charge on any atom is -0.349 e. The number of nitrogens with zero attached hydrogens (tertiary/aromatic N) is 1. The Hall–Kier alpha value is -1.98. The Balaban J connectivity index is 1.71. The van der Waals surface area contributed by atoms with E-state index in [0.717, 1.165) is 19.3 Å². The number of aromatic amines is 1. The van der Waals surface area contributed by atoms with Gasteiger partial charge in [-0.3, -0.25) is 4.79 Å². The number of rotatable bonds is 6. The second-order valence-corrected chi connectivity index (χ2v) is 6.57. The Kier molecular flexibility index (Phi) is 5.11. The molecule has 1 fully saturated rings. The van der Waals surface area contributed by atoms with Crippen LogP contribution in [0.4, 0.5) is 8.78 Å². The highest BCUT2D eigenvalue weighted by Gasteiger charge is 2.28. The Labute approximate surface area is 140 Å². The Morgan fingerprint density at radius 1 is 1.42 bits per heavy atom. The van der Waals surface area contributed by atoms with Crippen LogP contribution in [0.3, 0.4) is 0 Å². The molecule has 2 atom stereocenters. The molecule has 1 aromatic carbocycles. The molecule has 0 radical (unpaired) electrons. The van der Waals surface area contributed by atoms with E-state index in [9.17, 15) is 13.6 Å². The van der Waals surface area contributed by atoms with Crippen molar-refractivity contribution in [3.63, 3.8) is 0 Å². The fourth-order valence-corrected chi connectivity index (χ4v) is 3.56. The van der Waals surface area contributed by atoms with Gasteiger partial charge in [-0.05, 0) is 43.4 Å². The number of amides is 1. The molecule has 4 nitrogen and oxygen atoms in total. The van der Waals surface area contributed by atoms with Crippen LogP contribution < -0.4 is 5.32 Å². The SMILES string of the molecule is CCCCC1CCCC1NC(=O)c1ccc2nc(C(F)F)[nH]c2c1. The second-order valence-electron chi connectivity index (χ2n) is 6.57. The predicted molar refractivity (Wildman–Crippen MR) is 89.2 cm³/mol. The number of nitrogens with one attached hydrogen (secondary N) is 2. The second kappa shape index (κ2) is 7.28. The predicted octanol–water partition coefficient (Wildman–Crippen LogP) is 4.59. The zero-order valence-electron chi connectivity index (χ0n) is 13.8. The number of carbonyl (C=O) groups is 1. The van der Waals surface area contributed by atoms with Gasteiger partial charge in [0.1, 0.15) is 0 Å². The lowest BCUT2D eigenvalue weighted by Crippen LogP contribution is -2.37. The molecule has 1 aliphatic carbocycles. The van der Waals surface area contributed by atoms with Crippen molar-refractivity contribution < 1.29 is 13.6 Å². The third-order valence-corrected chi connectivity index (χ3v) is 4.87. The normalized spacial score (nSPS) is 20.8. The van der Waals surface area contributed by atoms with E-state index >= 15 is 0 Å². The quantitative estimate of drug-likeness (QED) is 0.811. The summed E-state index contributed by atoms with van der Waals surface area (Å²) >= 11 is 0. The van der Waals surface area contributed by atoms with Crippen LogP contribution in [0.25, 0.3) is 11.0 Å². The summed E-state index contributed by atoms with van der Waals surface area (Å²) in [6.45, 7) is 2.18.